The van der Waals surface area contributed by atoms with E-state index in [1.54, 1.807) is 0 Å². The van der Waals surface area contributed by atoms with Crippen molar-refractivity contribution in [2.24, 2.45) is 0 Å². The summed E-state index contributed by atoms with van der Waals surface area (Å²) in [5, 5.41) is 0. The second-order valence-electron chi connectivity index (χ2n) is 6.13. The summed E-state index contributed by atoms with van der Waals surface area (Å²) in [5.41, 5.74) is 0.781. The predicted molar refractivity (Wildman–Crippen MR) is 79.5 cm³/mol. The highest BCUT2D eigenvalue weighted by Gasteiger charge is 2.38. The molecule has 0 N–H and O–H groups in total. The Hall–Kier alpha value is -1.39. The fourth-order valence-electron chi connectivity index (χ4n) is 2.71. The van der Waals surface area contributed by atoms with Gasteiger partial charge in [0.15, 0.2) is 0 Å². The summed E-state index contributed by atoms with van der Waals surface area (Å²) in [6.07, 6.45) is 0. The fourth-order valence-corrected chi connectivity index (χ4v) is 2.71. The van der Waals surface area contributed by atoms with E-state index in [1.165, 1.54) is 0 Å². The molecule has 0 aliphatic carbocycles. The molecule has 1 unspecified atom stereocenters. The summed E-state index contributed by atoms with van der Waals surface area (Å²) in [5.74, 6) is 0.148. The number of amides is 1. The van der Waals surface area contributed by atoms with Crippen LogP contribution in [0.5, 0.6) is 0 Å². The molecule has 1 heterocycles. The molecule has 1 aliphatic heterocycles. The van der Waals surface area contributed by atoms with Crippen molar-refractivity contribution in [1.29, 1.82) is 0 Å². The van der Waals surface area contributed by atoms with E-state index in [2.05, 4.69) is 13.8 Å². The highest BCUT2D eigenvalue weighted by Crippen LogP contribution is 2.27. The molecule has 0 radical (unpaired) electrons. The molecule has 0 aromatic heterocycles. The summed E-state index contributed by atoms with van der Waals surface area (Å²) in [6, 6.07) is 9.70. The topological polar surface area (TPSA) is 32.8 Å². The van der Waals surface area contributed by atoms with Crippen LogP contribution in [0.3, 0.4) is 0 Å². The monoisotopic (exact) mass is 276 g/mol. The second kappa shape index (κ2) is 5.94. The van der Waals surface area contributed by atoms with Gasteiger partial charge in [0.05, 0.1) is 18.8 Å². The number of rotatable bonds is 3. The van der Waals surface area contributed by atoms with Crippen molar-refractivity contribution >= 4 is 5.91 Å². The average molecular weight is 276 g/mol. The van der Waals surface area contributed by atoms with Crippen molar-refractivity contribution in [3.63, 3.8) is 0 Å². The molecule has 110 valence electrons. The minimum Gasteiger partial charge on any atom is -0.377 e. The Balaban J connectivity index is 2.28. The Labute approximate surface area is 121 Å². The zero-order valence-corrected chi connectivity index (χ0v) is 12.8. The van der Waals surface area contributed by atoms with Crippen molar-refractivity contribution in [3.05, 3.63) is 35.9 Å². The molecular formula is C16H24N2O2. The third-order valence-corrected chi connectivity index (χ3v) is 3.78. The molecule has 1 saturated heterocycles. The average Bonchev–Trinajstić information content (AvgIpc) is 2.39. The van der Waals surface area contributed by atoms with Crippen molar-refractivity contribution in [1.82, 2.24) is 9.80 Å². The summed E-state index contributed by atoms with van der Waals surface area (Å²) < 4.78 is 5.50. The van der Waals surface area contributed by atoms with Gasteiger partial charge < -0.3 is 9.64 Å². The Morgan fingerprint density at radius 2 is 1.95 bits per heavy atom. The van der Waals surface area contributed by atoms with E-state index in [1.807, 2.05) is 54.2 Å². The minimum absolute atomic E-state index is 0.148. The van der Waals surface area contributed by atoms with Gasteiger partial charge >= 0.3 is 0 Å². The number of hydrogen-bond donors (Lipinski definition) is 0. The highest BCUT2D eigenvalue weighted by molar-refractivity contribution is 5.84. The van der Waals surface area contributed by atoms with Crippen molar-refractivity contribution in [2.45, 2.75) is 25.4 Å². The number of benzene rings is 1. The molecular weight excluding hydrogens is 252 g/mol. The smallest absolute Gasteiger partial charge is 0.245 e. The van der Waals surface area contributed by atoms with Gasteiger partial charge in [-0.1, -0.05) is 30.3 Å². The molecule has 4 heteroatoms. The van der Waals surface area contributed by atoms with Crippen LogP contribution in [0.4, 0.5) is 0 Å². The second-order valence-corrected chi connectivity index (χ2v) is 6.13. The molecule has 20 heavy (non-hydrogen) atoms. The lowest BCUT2D eigenvalue weighted by Gasteiger charge is -2.44. The van der Waals surface area contributed by atoms with Crippen LogP contribution in [-0.4, -0.2) is 55.1 Å². The van der Waals surface area contributed by atoms with Crippen LogP contribution in [0.2, 0.25) is 0 Å². The van der Waals surface area contributed by atoms with Crippen LogP contribution in [0.25, 0.3) is 0 Å². The largest absolute Gasteiger partial charge is 0.377 e. The van der Waals surface area contributed by atoms with Gasteiger partial charge in [-0.2, -0.15) is 0 Å². The van der Waals surface area contributed by atoms with E-state index < -0.39 is 0 Å². The van der Waals surface area contributed by atoms with Crippen LogP contribution in [0, 0.1) is 0 Å². The zero-order chi connectivity index (χ0) is 14.8. The first-order valence-corrected chi connectivity index (χ1v) is 7.04. The summed E-state index contributed by atoms with van der Waals surface area (Å²) in [4.78, 5) is 16.9. The molecule has 4 nitrogen and oxygen atoms in total. The van der Waals surface area contributed by atoms with Crippen molar-refractivity contribution < 1.29 is 9.53 Å². The Morgan fingerprint density at radius 3 is 2.50 bits per heavy atom. The van der Waals surface area contributed by atoms with Crippen LogP contribution >= 0.6 is 0 Å². The number of ether oxygens (including phenoxy) is 1. The molecule has 1 fully saturated rings. The van der Waals surface area contributed by atoms with Gasteiger partial charge in [0.1, 0.15) is 6.04 Å². The van der Waals surface area contributed by atoms with Gasteiger partial charge in [-0.15, -0.1) is 0 Å². The first-order chi connectivity index (χ1) is 9.43. The molecule has 1 aromatic carbocycles. The van der Waals surface area contributed by atoms with Gasteiger partial charge in [0.2, 0.25) is 5.91 Å². The third kappa shape index (κ3) is 3.02. The van der Waals surface area contributed by atoms with Gasteiger partial charge in [-0.3, -0.25) is 9.69 Å². The van der Waals surface area contributed by atoms with Gasteiger partial charge in [0.25, 0.3) is 0 Å². The number of carbonyl (C=O) groups is 1. The molecule has 1 aliphatic rings. The van der Waals surface area contributed by atoms with Crippen molar-refractivity contribution in [2.75, 3.05) is 33.9 Å². The van der Waals surface area contributed by atoms with Crippen molar-refractivity contribution in [3.8, 4) is 0 Å². The number of morpholine rings is 1. The maximum atomic E-state index is 13.0. The first-order valence-electron chi connectivity index (χ1n) is 7.04. The number of nitrogens with zero attached hydrogens (tertiary/aromatic N) is 2. The molecule has 0 bridgehead atoms. The maximum absolute atomic E-state index is 13.0. The van der Waals surface area contributed by atoms with Gasteiger partial charge in [0, 0.05) is 6.54 Å². The van der Waals surface area contributed by atoms with E-state index in [0.29, 0.717) is 19.8 Å². The summed E-state index contributed by atoms with van der Waals surface area (Å²) in [7, 11) is 3.89. The Morgan fingerprint density at radius 1 is 1.30 bits per heavy atom. The van der Waals surface area contributed by atoms with E-state index in [-0.39, 0.29) is 17.5 Å². The lowest BCUT2D eigenvalue weighted by Crippen LogP contribution is -2.57. The van der Waals surface area contributed by atoms with Crippen LogP contribution in [0.1, 0.15) is 25.5 Å². The Kier molecular flexibility index (Phi) is 4.45. The lowest BCUT2D eigenvalue weighted by atomic mass is 9.98. The Bertz CT molecular complexity index is 457. The third-order valence-electron chi connectivity index (χ3n) is 3.78. The molecule has 1 aromatic rings. The molecule has 1 amide bonds. The van der Waals surface area contributed by atoms with E-state index in [0.717, 1.165) is 5.56 Å². The standard InChI is InChI=1S/C16H24N2O2/c1-16(2)12-20-11-10-18(16)15(19)14(17(3)4)13-8-6-5-7-9-13/h5-9,14H,10-12H2,1-4H3. The minimum atomic E-state index is -0.252. The van der Waals surface area contributed by atoms with E-state index in [9.17, 15) is 4.79 Å². The first kappa shape index (κ1) is 15.0. The van der Waals surface area contributed by atoms with Gasteiger partial charge in [-0.25, -0.2) is 0 Å². The summed E-state index contributed by atoms with van der Waals surface area (Å²) >= 11 is 0. The number of likely N-dealkylation sites (N-methyl/N-ethyl adjacent to an activating group) is 1. The predicted octanol–water partition coefficient (Wildman–Crippen LogP) is 1.93. The number of carbonyl (C=O) groups excluding carboxylic acids is 1. The van der Waals surface area contributed by atoms with Crippen LogP contribution < -0.4 is 0 Å². The van der Waals surface area contributed by atoms with E-state index in [4.69, 9.17) is 4.74 Å². The van der Waals surface area contributed by atoms with Crippen LogP contribution in [-0.2, 0) is 9.53 Å². The summed E-state index contributed by atoms with van der Waals surface area (Å²) in [6.45, 7) is 5.98. The van der Waals surface area contributed by atoms with Gasteiger partial charge in [-0.05, 0) is 33.5 Å². The van der Waals surface area contributed by atoms with Crippen LogP contribution in [0.15, 0.2) is 30.3 Å². The molecule has 0 spiro atoms. The normalized spacial score (nSPS) is 19.9. The maximum Gasteiger partial charge on any atom is 0.245 e. The highest BCUT2D eigenvalue weighted by atomic mass is 16.5. The zero-order valence-electron chi connectivity index (χ0n) is 12.8. The van der Waals surface area contributed by atoms with E-state index >= 15 is 0 Å². The molecule has 0 saturated carbocycles. The quantitative estimate of drug-likeness (QED) is 0.845. The lowest BCUT2D eigenvalue weighted by molar-refractivity contribution is -0.151. The SMILES string of the molecule is CN(C)C(C(=O)N1CCOCC1(C)C)c1ccccc1. The number of hydrogen-bond acceptors (Lipinski definition) is 3. The fraction of sp³-hybridized carbons (Fsp3) is 0.562. The molecule has 2 rings (SSSR count). The molecule has 1 atom stereocenters.